The second-order valence-corrected chi connectivity index (χ2v) is 6.13. The molecule has 2 aromatic carbocycles. The molecule has 5 heteroatoms. The summed E-state index contributed by atoms with van der Waals surface area (Å²) in [5, 5.41) is 0.994. The van der Waals surface area contributed by atoms with Crippen molar-refractivity contribution in [2.75, 3.05) is 7.11 Å². The molecule has 0 fully saturated rings. The van der Waals surface area contributed by atoms with Crippen LogP contribution in [0.5, 0.6) is 5.75 Å². The Bertz CT molecular complexity index is 1140. The summed E-state index contributed by atoms with van der Waals surface area (Å²) in [6.45, 7) is 0. The first kappa shape index (κ1) is 21.4. The van der Waals surface area contributed by atoms with Crippen molar-refractivity contribution in [3.05, 3.63) is 104 Å². The number of aromatic nitrogens is 2. The molecule has 0 bridgehead atoms. The number of methoxy groups -OCH3 is 1. The molecule has 0 unspecified atom stereocenters. The average molecular weight is 571 g/mol. The molecule has 0 spiro atoms. The van der Waals surface area contributed by atoms with Crippen molar-refractivity contribution in [1.82, 2.24) is 9.97 Å². The fourth-order valence-electron chi connectivity index (χ4n) is 2.87. The number of fused-ring (bicyclic) bond motifs is 1. The Labute approximate surface area is 188 Å². The Kier molecular flexibility index (Phi) is 7.50. The van der Waals surface area contributed by atoms with Gasteiger partial charge in [0.1, 0.15) is 5.58 Å². The van der Waals surface area contributed by atoms with Crippen LogP contribution in [0.1, 0.15) is 0 Å². The summed E-state index contributed by atoms with van der Waals surface area (Å²) in [6.07, 6.45) is 5.19. The van der Waals surface area contributed by atoms with Crippen molar-refractivity contribution in [3.8, 4) is 28.3 Å². The van der Waals surface area contributed by atoms with Gasteiger partial charge in [0.05, 0.1) is 13.4 Å². The van der Waals surface area contributed by atoms with Gasteiger partial charge in [-0.1, -0.05) is 12.1 Å². The Morgan fingerprint density at radius 2 is 1.73 bits per heavy atom. The molecule has 5 aromatic rings. The molecule has 0 aliphatic rings. The molecule has 3 heterocycles. The Hall–Kier alpha value is -3.27. The molecule has 0 saturated carbocycles. The van der Waals surface area contributed by atoms with Gasteiger partial charge in [0.2, 0.25) is 0 Å². The van der Waals surface area contributed by atoms with Crippen LogP contribution < -0.4 is 4.74 Å². The zero-order chi connectivity index (χ0) is 19.9. The van der Waals surface area contributed by atoms with Crippen LogP contribution in [0.25, 0.3) is 33.5 Å². The molecule has 5 rings (SSSR count). The van der Waals surface area contributed by atoms with Gasteiger partial charge in [0, 0.05) is 43.6 Å². The van der Waals surface area contributed by atoms with E-state index in [1.807, 2.05) is 66.7 Å². The van der Waals surface area contributed by atoms with Gasteiger partial charge in [-0.15, -0.1) is 65.7 Å². The predicted molar refractivity (Wildman–Crippen MR) is 113 cm³/mol. The van der Waals surface area contributed by atoms with Crippen LogP contribution in [-0.4, -0.2) is 17.1 Å². The second-order valence-electron chi connectivity index (χ2n) is 6.13. The summed E-state index contributed by atoms with van der Waals surface area (Å²) in [6, 6.07) is 29.4. The van der Waals surface area contributed by atoms with Crippen molar-refractivity contribution < 1.29 is 29.3 Å². The third-order valence-corrected chi connectivity index (χ3v) is 4.30. The maximum absolute atomic E-state index is 5.35. The number of nitrogens with zero attached hydrogens (tertiary/aromatic N) is 2. The molecule has 151 valence electrons. The van der Waals surface area contributed by atoms with E-state index in [2.05, 4.69) is 22.1 Å². The smallest absolute Gasteiger partial charge is 0.128 e. The second kappa shape index (κ2) is 10.5. The van der Waals surface area contributed by atoms with Gasteiger partial charge in [-0.25, -0.2) is 0 Å². The van der Waals surface area contributed by atoms with E-state index < -0.39 is 0 Å². The average Bonchev–Trinajstić information content (AvgIpc) is 3.30. The number of benzene rings is 2. The molecule has 1 radical (unpaired) electrons. The topological polar surface area (TPSA) is 48.2 Å². The van der Waals surface area contributed by atoms with E-state index >= 15 is 0 Å². The predicted octanol–water partition coefficient (Wildman–Crippen LogP) is 5.85. The molecule has 3 aromatic heterocycles. The van der Waals surface area contributed by atoms with E-state index in [-0.39, 0.29) is 20.1 Å². The zero-order valence-electron chi connectivity index (χ0n) is 16.2. The normalized spacial score (nSPS) is 9.90. The fourth-order valence-corrected chi connectivity index (χ4v) is 2.87. The Morgan fingerprint density at radius 1 is 0.833 bits per heavy atom. The number of hydrogen-bond donors (Lipinski definition) is 0. The standard InChI is InChI=1S/C14H10NO2.C11H8N.Ir/c1-16-11-4-2-10(3-5-11)14-12-7-9-17-13(12)6-8-15-14;1-2-6-10(7-3-1)11-8-4-5-9-12-11;/h2,4-9H,1H3;1-6,8-9H;/q2*-1;. The van der Waals surface area contributed by atoms with E-state index in [1.54, 1.807) is 31.8 Å². The number of pyridine rings is 2. The summed E-state index contributed by atoms with van der Waals surface area (Å²) in [5.74, 6) is 0.785. The summed E-state index contributed by atoms with van der Waals surface area (Å²) in [7, 11) is 1.64. The van der Waals surface area contributed by atoms with Crippen molar-refractivity contribution in [3.63, 3.8) is 0 Å². The van der Waals surface area contributed by atoms with Gasteiger partial charge in [-0.2, -0.15) is 0 Å². The summed E-state index contributed by atoms with van der Waals surface area (Å²) < 4.78 is 10.5. The van der Waals surface area contributed by atoms with Gasteiger partial charge in [0.15, 0.2) is 0 Å². The van der Waals surface area contributed by atoms with Gasteiger partial charge < -0.3 is 19.1 Å². The van der Waals surface area contributed by atoms with E-state index in [4.69, 9.17) is 9.15 Å². The Morgan fingerprint density at radius 3 is 2.43 bits per heavy atom. The minimum absolute atomic E-state index is 0. The monoisotopic (exact) mass is 571 g/mol. The van der Waals surface area contributed by atoms with Crippen LogP contribution >= 0.6 is 0 Å². The third kappa shape index (κ3) is 5.01. The molecule has 4 nitrogen and oxygen atoms in total. The van der Waals surface area contributed by atoms with E-state index in [0.717, 1.165) is 39.2 Å². The van der Waals surface area contributed by atoms with Crippen LogP contribution in [0.4, 0.5) is 0 Å². The van der Waals surface area contributed by atoms with Crippen LogP contribution in [-0.2, 0) is 20.1 Å². The third-order valence-electron chi connectivity index (χ3n) is 4.30. The molecular formula is C25H18IrN2O2-2. The SMILES string of the molecule is COc1c[c-]c(-c2nccc3occc23)cc1.[Ir].[c-]1ccccc1-c1ccccn1. The first-order chi connectivity index (χ1) is 14.3. The van der Waals surface area contributed by atoms with Gasteiger partial charge in [-0.3, -0.25) is 0 Å². The summed E-state index contributed by atoms with van der Waals surface area (Å²) in [5.41, 5.74) is 4.65. The Balaban J connectivity index is 0.000000175. The van der Waals surface area contributed by atoms with Gasteiger partial charge >= 0.3 is 0 Å². The van der Waals surface area contributed by atoms with Crippen LogP contribution in [0.15, 0.2) is 95.9 Å². The maximum atomic E-state index is 5.35. The molecular weight excluding hydrogens is 553 g/mol. The van der Waals surface area contributed by atoms with E-state index in [1.165, 1.54) is 0 Å². The minimum Gasteiger partial charge on any atom is -0.540 e. The molecule has 0 aliphatic carbocycles. The number of hydrogen-bond acceptors (Lipinski definition) is 4. The van der Waals surface area contributed by atoms with Crippen LogP contribution in [0, 0.1) is 12.1 Å². The minimum atomic E-state index is 0. The summed E-state index contributed by atoms with van der Waals surface area (Å²) in [4.78, 5) is 8.59. The van der Waals surface area contributed by atoms with Crippen molar-refractivity contribution in [2.45, 2.75) is 0 Å². The van der Waals surface area contributed by atoms with Crippen LogP contribution in [0.3, 0.4) is 0 Å². The van der Waals surface area contributed by atoms with Crippen LogP contribution in [0.2, 0.25) is 0 Å². The van der Waals surface area contributed by atoms with Gasteiger partial charge in [-0.05, 0) is 29.6 Å². The number of rotatable bonds is 3. The van der Waals surface area contributed by atoms with E-state index in [9.17, 15) is 0 Å². The summed E-state index contributed by atoms with van der Waals surface area (Å²) >= 11 is 0. The number of ether oxygens (including phenoxy) is 1. The fraction of sp³-hybridized carbons (Fsp3) is 0.0400. The molecule has 0 aliphatic heterocycles. The first-order valence-corrected chi connectivity index (χ1v) is 9.11. The maximum Gasteiger partial charge on any atom is 0.128 e. The van der Waals surface area contributed by atoms with Crippen molar-refractivity contribution >= 4 is 11.0 Å². The zero-order valence-corrected chi connectivity index (χ0v) is 18.6. The first-order valence-electron chi connectivity index (χ1n) is 9.11. The molecule has 0 amide bonds. The molecule has 0 N–H and O–H groups in total. The quantitative estimate of drug-likeness (QED) is 0.256. The van der Waals surface area contributed by atoms with E-state index in [0.29, 0.717) is 0 Å². The largest absolute Gasteiger partial charge is 0.540 e. The molecule has 0 atom stereocenters. The number of furan rings is 1. The molecule has 30 heavy (non-hydrogen) atoms. The van der Waals surface area contributed by atoms with Gasteiger partial charge in [0.25, 0.3) is 0 Å². The molecule has 0 saturated heterocycles. The van der Waals surface area contributed by atoms with Crippen molar-refractivity contribution in [2.24, 2.45) is 0 Å². The van der Waals surface area contributed by atoms with Crippen molar-refractivity contribution in [1.29, 1.82) is 0 Å².